The second-order valence-corrected chi connectivity index (χ2v) is 5.74. The van der Waals surface area contributed by atoms with Gasteiger partial charge in [-0.05, 0) is 29.8 Å². The summed E-state index contributed by atoms with van der Waals surface area (Å²) in [5.41, 5.74) is 3.01. The Morgan fingerprint density at radius 1 is 1.45 bits per heavy atom. The van der Waals surface area contributed by atoms with Crippen molar-refractivity contribution in [3.63, 3.8) is 0 Å². The van der Waals surface area contributed by atoms with Gasteiger partial charge in [-0.2, -0.15) is 10.2 Å². The minimum Gasteiger partial charge on any atom is -0.340 e. The van der Waals surface area contributed by atoms with Crippen LogP contribution < -0.4 is 0 Å². The molecule has 0 aliphatic rings. The van der Waals surface area contributed by atoms with Crippen LogP contribution in [0.2, 0.25) is 0 Å². The van der Waals surface area contributed by atoms with Gasteiger partial charge >= 0.3 is 0 Å². The molecule has 0 aromatic carbocycles. The molecule has 0 fully saturated rings. The van der Waals surface area contributed by atoms with Crippen LogP contribution in [0.4, 0.5) is 0 Å². The van der Waals surface area contributed by atoms with Crippen molar-refractivity contribution in [1.82, 2.24) is 24.5 Å². The molecule has 0 unspecified atom stereocenters. The van der Waals surface area contributed by atoms with Crippen LogP contribution in [0.3, 0.4) is 0 Å². The molecule has 0 N–H and O–H groups in total. The molecular weight excluding hydrogens is 322 g/mol. The second-order valence-electron chi connectivity index (χ2n) is 4.89. The standard InChI is InChI=1S/C13H18BrN5O/c1-9-12(14)7-19(16-9)8-13(20)17(3)6-11-5-15-18(4)10(11)2/h5,7H,6,8H2,1-4H3. The number of carbonyl (C=O) groups excluding carboxylic acids is 1. The van der Waals surface area contributed by atoms with Crippen LogP contribution in [0.1, 0.15) is 17.0 Å². The van der Waals surface area contributed by atoms with E-state index in [1.165, 1.54) is 0 Å². The van der Waals surface area contributed by atoms with E-state index in [1.807, 2.05) is 31.8 Å². The van der Waals surface area contributed by atoms with Crippen LogP contribution in [0.25, 0.3) is 0 Å². The SMILES string of the molecule is Cc1nn(CC(=O)N(C)Cc2cnn(C)c2C)cc1Br. The highest BCUT2D eigenvalue weighted by Gasteiger charge is 2.14. The largest absolute Gasteiger partial charge is 0.340 e. The van der Waals surface area contributed by atoms with Crippen molar-refractivity contribution in [2.24, 2.45) is 7.05 Å². The molecule has 0 saturated carbocycles. The lowest BCUT2D eigenvalue weighted by Crippen LogP contribution is -2.30. The van der Waals surface area contributed by atoms with Gasteiger partial charge < -0.3 is 4.90 Å². The van der Waals surface area contributed by atoms with Gasteiger partial charge in [-0.25, -0.2) is 0 Å². The average Bonchev–Trinajstić information content (AvgIpc) is 2.86. The van der Waals surface area contributed by atoms with E-state index in [1.54, 1.807) is 22.8 Å². The number of hydrogen-bond donors (Lipinski definition) is 0. The number of likely N-dealkylation sites (N-methyl/N-ethyl adjacent to an activating group) is 1. The van der Waals surface area contributed by atoms with E-state index in [0.717, 1.165) is 21.4 Å². The number of nitrogens with zero attached hydrogens (tertiary/aromatic N) is 5. The summed E-state index contributed by atoms with van der Waals surface area (Å²) in [5.74, 6) is 0.0169. The van der Waals surface area contributed by atoms with Crippen molar-refractivity contribution in [3.8, 4) is 0 Å². The summed E-state index contributed by atoms with van der Waals surface area (Å²) in [6.45, 7) is 4.69. The highest BCUT2D eigenvalue weighted by molar-refractivity contribution is 9.10. The number of halogens is 1. The zero-order chi connectivity index (χ0) is 14.9. The number of amides is 1. The Morgan fingerprint density at radius 2 is 2.15 bits per heavy atom. The highest BCUT2D eigenvalue weighted by Crippen LogP contribution is 2.13. The minimum atomic E-state index is 0.0169. The molecule has 0 radical (unpaired) electrons. The molecule has 0 atom stereocenters. The quantitative estimate of drug-likeness (QED) is 0.851. The van der Waals surface area contributed by atoms with E-state index in [9.17, 15) is 4.79 Å². The first-order valence-corrected chi connectivity index (χ1v) is 7.08. The van der Waals surface area contributed by atoms with E-state index in [0.29, 0.717) is 6.54 Å². The number of aryl methyl sites for hydroxylation is 2. The molecule has 0 bridgehead atoms. The van der Waals surface area contributed by atoms with Crippen LogP contribution in [-0.2, 0) is 24.9 Å². The first-order valence-electron chi connectivity index (χ1n) is 6.29. The monoisotopic (exact) mass is 339 g/mol. The topological polar surface area (TPSA) is 56.0 Å². The third-order valence-corrected chi connectivity index (χ3v) is 4.13. The summed E-state index contributed by atoms with van der Waals surface area (Å²) < 4.78 is 4.37. The van der Waals surface area contributed by atoms with Crippen molar-refractivity contribution in [2.45, 2.75) is 26.9 Å². The number of hydrogen-bond acceptors (Lipinski definition) is 3. The maximum absolute atomic E-state index is 12.2. The van der Waals surface area contributed by atoms with Crippen molar-refractivity contribution < 1.29 is 4.79 Å². The predicted molar refractivity (Wildman–Crippen MR) is 79.1 cm³/mol. The molecule has 0 aliphatic heterocycles. The molecule has 0 saturated heterocycles. The summed E-state index contributed by atoms with van der Waals surface area (Å²) in [7, 11) is 3.69. The third-order valence-electron chi connectivity index (χ3n) is 3.35. The van der Waals surface area contributed by atoms with Gasteiger partial charge in [0, 0.05) is 38.1 Å². The molecular formula is C13H18BrN5O. The fraction of sp³-hybridized carbons (Fsp3) is 0.462. The third kappa shape index (κ3) is 3.09. The smallest absolute Gasteiger partial charge is 0.244 e. The van der Waals surface area contributed by atoms with Gasteiger partial charge in [0.15, 0.2) is 0 Å². The Balaban J connectivity index is 2.00. The van der Waals surface area contributed by atoms with Gasteiger partial charge in [-0.3, -0.25) is 14.2 Å². The molecule has 2 heterocycles. The molecule has 2 aromatic rings. The summed E-state index contributed by atoms with van der Waals surface area (Å²) in [5, 5.41) is 8.45. The maximum Gasteiger partial charge on any atom is 0.244 e. The maximum atomic E-state index is 12.2. The summed E-state index contributed by atoms with van der Waals surface area (Å²) in [6, 6.07) is 0. The number of carbonyl (C=O) groups is 1. The van der Waals surface area contributed by atoms with Gasteiger partial charge in [0.2, 0.25) is 5.91 Å². The molecule has 0 spiro atoms. The van der Waals surface area contributed by atoms with E-state index < -0.39 is 0 Å². The fourth-order valence-corrected chi connectivity index (χ4v) is 2.19. The summed E-state index contributed by atoms with van der Waals surface area (Å²) in [6.07, 6.45) is 3.62. The van der Waals surface area contributed by atoms with E-state index in [4.69, 9.17) is 0 Å². The number of aromatic nitrogens is 4. The van der Waals surface area contributed by atoms with Gasteiger partial charge in [-0.1, -0.05) is 0 Å². The van der Waals surface area contributed by atoms with E-state index in [-0.39, 0.29) is 12.5 Å². The van der Waals surface area contributed by atoms with Gasteiger partial charge in [0.1, 0.15) is 6.54 Å². The Hall–Kier alpha value is -1.63. The van der Waals surface area contributed by atoms with Crippen molar-refractivity contribution in [1.29, 1.82) is 0 Å². The first kappa shape index (κ1) is 14.8. The van der Waals surface area contributed by atoms with Crippen LogP contribution >= 0.6 is 15.9 Å². The lowest BCUT2D eigenvalue weighted by molar-refractivity contribution is -0.131. The fourth-order valence-electron chi connectivity index (χ4n) is 1.88. The van der Waals surface area contributed by atoms with E-state index in [2.05, 4.69) is 26.1 Å². The molecule has 2 aromatic heterocycles. The van der Waals surface area contributed by atoms with E-state index >= 15 is 0 Å². The van der Waals surface area contributed by atoms with Crippen LogP contribution in [-0.4, -0.2) is 37.4 Å². The Kier molecular flexibility index (Phi) is 4.27. The van der Waals surface area contributed by atoms with Gasteiger partial charge in [-0.15, -0.1) is 0 Å². The second kappa shape index (κ2) is 5.78. The summed E-state index contributed by atoms with van der Waals surface area (Å²) in [4.78, 5) is 13.9. The Morgan fingerprint density at radius 3 is 2.65 bits per heavy atom. The molecule has 0 aliphatic carbocycles. The van der Waals surface area contributed by atoms with Crippen LogP contribution in [0.5, 0.6) is 0 Å². The molecule has 2 rings (SSSR count). The molecule has 20 heavy (non-hydrogen) atoms. The molecule has 1 amide bonds. The van der Waals surface area contributed by atoms with Gasteiger partial charge in [0.25, 0.3) is 0 Å². The Labute approximate surface area is 126 Å². The van der Waals surface area contributed by atoms with Crippen molar-refractivity contribution in [2.75, 3.05) is 7.05 Å². The van der Waals surface area contributed by atoms with Gasteiger partial charge in [0.05, 0.1) is 16.4 Å². The molecule has 7 heteroatoms. The lowest BCUT2D eigenvalue weighted by atomic mass is 10.2. The van der Waals surface area contributed by atoms with Crippen molar-refractivity contribution in [3.05, 3.63) is 33.8 Å². The normalized spacial score (nSPS) is 10.8. The van der Waals surface area contributed by atoms with Crippen molar-refractivity contribution >= 4 is 21.8 Å². The first-order chi connectivity index (χ1) is 9.38. The van der Waals surface area contributed by atoms with Crippen LogP contribution in [0.15, 0.2) is 16.9 Å². The summed E-state index contributed by atoms with van der Waals surface area (Å²) >= 11 is 3.39. The zero-order valence-corrected chi connectivity index (χ0v) is 13.7. The minimum absolute atomic E-state index is 0.0169. The Bertz CT molecular complexity index is 611. The highest BCUT2D eigenvalue weighted by atomic mass is 79.9. The zero-order valence-electron chi connectivity index (χ0n) is 12.1. The predicted octanol–water partition coefficient (Wildman–Crippen LogP) is 1.65. The molecule has 6 nitrogen and oxygen atoms in total. The molecule has 108 valence electrons. The number of rotatable bonds is 4. The lowest BCUT2D eigenvalue weighted by Gasteiger charge is -2.16. The van der Waals surface area contributed by atoms with Crippen LogP contribution in [0, 0.1) is 13.8 Å². The average molecular weight is 340 g/mol.